The van der Waals surface area contributed by atoms with Gasteiger partial charge in [-0.2, -0.15) is 15.0 Å². The normalized spacial score (nSPS) is 10.4. The van der Waals surface area contributed by atoms with Crippen LogP contribution in [0, 0.1) is 6.92 Å². The summed E-state index contributed by atoms with van der Waals surface area (Å²) in [4.78, 5) is 17.9. The monoisotopic (exact) mass is 283 g/mol. The highest BCUT2D eigenvalue weighted by Gasteiger charge is 2.09. The first kappa shape index (κ1) is 13.0. The molecule has 0 radical (unpaired) electrons. The van der Waals surface area contributed by atoms with Crippen LogP contribution in [0.1, 0.15) is 11.4 Å². The number of hydrogen-bond acceptors (Lipinski definition) is 5. The molecule has 0 saturated heterocycles. The number of nitrogens with zero attached hydrogens (tertiary/aromatic N) is 5. The quantitative estimate of drug-likeness (QED) is 0.866. The molecule has 0 bridgehead atoms. The van der Waals surface area contributed by atoms with Gasteiger partial charge in [0.05, 0.1) is 12.2 Å². The SMILES string of the molecule is Cc1cccc(CN(C)c2nc(Cl)nc(Cl)n2)n1. The van der Waals surface area contributed by atoms with Crippen LogP contribution >= 0.6 is 23.2 Å². The van der Waals surface area contributed by atoms with Gasteiger partial charge in [0.2, 0.25) is 16.5 Å². The topological polar surface area (TPSA) is 54.8 Å². The lowest BCUT2D eigenvalue weighted by Crippen LogP contribution is -2.20. The molecule has 2 rings (SSSR count). The van der Waals surface area contributed by atoms with Crippen molar-refractivity contribution in [2.45, 2.75) is 13.5 Å². The second kappa shape index (κ2) is 5.46. The fraction of sp³-hybridized carbons (Fsp3) is 0.273. The average molecular weight is 284 g/mol. The third-order valence-electron chi connectivity index (χ3n) is 2.26. The molecule has 5 nitrogen and oxygen atoms in total. The Labute approximate surface area is 115 Å². The Morgan fingerprint density at radius 1 is 1.06 bits per heavy atom. The van der Waals surface area contributed by atoms with Crippen molar-refractivity contribution in [3.05, 3.63) is 40.2 Å². The number of anilines is 1. The van der Waals surface area contributed by atoms with Crippen LogP contribution in [0.3, 0.4) is 0 Å². The molecule has 0 saturated carbocycles. The van der Waals surface area contributed by atoms with Crippen molar-refractivity contribution in [3.8, 4) is 0 Å². The molecular weight excluding hydrogens is 273 g/mol. The van der Waals surface area contributed by atoms with E-state index in [1.165, 1.54) is 0 Å². The summed E-state index contributed by atoms with van der Waals surface area (Å²) in [5.74, 6) is 0.420. The molecule has 0 aromatic carbocycles. The summed E-state index contributed by atoms with van der Waals surface area (Å²) in [5.41, 5.74) is 1.89. The van der Waals surface area contributed by atoms with E-state index in [-0.39, 0.29) is 10.6 Å². The van der Waals surface area contributed by atoms with Crippen LogP contribution in [0.4, 0.5) is 5.95 Å². The standard InChI is InChI=1S/C11H11Cl2N5/c1-7-4-3-5-8(14-7)6-18(2)11-16-9(12)15-10(13)17-11/h3-5H,6H2,1-2H3. The lowest BCUT2D eigenvalue weighted by atomic mass is 10.3. The van der Waals surface area contributed by atoms with Crippen molar-refractivity contribution >= 4 is 29.2 Å². The summed E-state index contributed by atoms with van der Waals surface area (Å²) >= 11 is 11.5. The predicted octanol–water partition coefficient (Wildman–Crippen LogP) is 2.52. The minimum atomic E-state index is 0.0778. The van der Waals surface area contributed by atoms with E-state index in [0.717, 1.165) is 11.4 Å². The summed E-state index contributed by atoms with van der Waals surface area (Å²) in [6.07, 6.45) is 0. The highest BCUT2D eigenvalue weighted by molar-refractivity contribution is 6.31. The third-order valence-corrected chi connectivity index (χ3v) is 2.59. The number of hydrogen-bond donors (Lipinski definition) is 0. The molecule has 2 aromatic heterocycles. The molecule has 18 heavy (non-hydrogen) atoms. The van der Waals surface area contributed by atoms with Gasteiger partial charge in [0.25, 0.3) is 0 Å². The smallest absolute Gasteiger partial charge is 0.231 e. The molecule has 0 unspecified atom stereocenters. The first-order valence-corrected chi connectivity index (χ1v) is 6.01. The van der Waals surface area contributed by atoms with Crippen LogP contribution in [0.2, 0.25) is 10.6 Å². The Morgan fingerprint density at radius 2 is 1.72 bits per heavy atom. The Balaban J connectivity index is 2.19. The van der Waals surface area contributed by atoms with Crippen LogP contribution < -0.4 is 4.90 Å². The number of aryl methyl sites for hydroxylation is 1. The van der Waals surface area contributed by atoms with Crippen LogP contribution in [-0.4, -0.2) is 27.0 Å². The summed E-state index contributed by atoms with van der Waals surface area (Å²) in [5, 5.41) is 0.156. The zero-order valence-electron chi connectivity index (χ0n) is 9.93. The van der Waals surface area contributed by atoms with Gasteiger partial charge in [-0.25, -0.2) is 0 Å². The molecule has 0 aliphatic carbocycles. The van der Waals surface area contributed by atoms with Gasteiger partial charge in [-0.1, -0.05) is 6.07 Å². The molecule has 0 atom stereocenters. The van der Waals surface area contributed by atoms with Gasteiger partial charge in [0.15, 0.2) is 0 Å². The van der Waals surface area contributed by atoms with E-state index >= 15 is 0 Å². The number of halogens is 2. The summed E-state index contributed by atoms with van der Waals surface area (Å²) in [7, 11) is 1.84. The molecule has 0 spiro atoms. The summed E-state index contributed by atoms with van der Waals surface area (Å²) < 4.78 is 0. The molecular formula is C11H11Cl2N5. The van der Waals surface area contributed by atoms with Crippen LogP contribution in [0.5, 0.6) is 0 Å². The van der Waals surface area contributed by atoms with E-state index < -0.39 is 0 Å². The van der Waals surface area contributed by atoms with Gasteiger partial charge >= 0.3 is 0 Å². The molecule has 0 amide bonds. The first-order chi connectivity index (χ1) is 8.54. The number of pyridine rings is 1. The lowest BCUT2D eigenvalue weighted by molar-refractivity contribution is 0.826. The van der Waals surface area contributed by atoms with Crippen molar-refractivity contribution in [3.63, 3.8) is 0 Å². The second-order valence-electron chi connectivity index (χ2n) is 3.80. The number of aromatic nitrogens is 4. The minimum Gasteiger partial charge on any atom is -0.338 e. The minimum absolute atomic E-state index is 0.0778. The Kier molecular flexibility index (Phi) is 3.93. The third kappa shape index (κ3) is 3.27. The lowest BCUT2D eigenvalue weighted by Gasteiger charge is -2.16. The van der Waals surface area contributed by atoms with E-state index in [0.29, 0.717) is 12.5 Å². The van der Waals surface area contributed by atoms with Crippen molar-refractivity contribution in [1.82, 2.24) is 19.9 Å². The summed E-state index contributed by atoms with van der Waals surface area (Å²) in [6, 6.07) is 5.84. The van der Waals surface area contributed by atoms with Crippen LogP contribution in [0.15, 0.2) is 18.2 Å². The zero-order chi connectivity index (χ0) is 13.1. The Hall–Kier alpha value is -1.46. The van der Waals surface area contributed by atoms with Crippen LogP contribution in [-0.2, 0) is 6.54 Å². The fourth-order valence-corrected chi connectivity index (χ4v) is 1.84. The maximum Gasteiger partial charge on any atom is 0.231 e. The predicted molar refractivity (Wildman–Crippen MR) is 70.9 cm³/mol. The van der Waals surface area contributed by atoms with Crippen molar-refractivity contribution in [1.29, 1.82) is 0 Å². The van der Waals surface area contributed by atoms with E-state index in [1.54, 1.807) is 4.90 Å². The maximum atomic E-state index is 5.73. The molecule has 7 heteroatoms. The molecule has 2 aromatic rings. The molecule has 94 valence electrons. The van der Waals surface area contributed by atoms with Gasteiger partial charge in [-0.3, -0.25) is 4.98 Å². The summed E-state index contributed by atoms with van der Waals surface area (Å²) in [6.45, 7) is 2.51. The molecule has 0 fully saturated rings. The average Bonchev–Trinajstić information content (AvgIpc) is 2.27. The zero-order valence-corrected chi connectivity index (χ0v) is 11.4. The fourth-order valence-electron chi connectivity index (χ4n) is 1.49. The Morgan fingerprint density at radius 3 is 2.33 bits per heavy atom. The molecule has 2 heterocycles. The maximum absolute atomic E-state index is 5.73. The van der Waals surface area contributed by atoms with Gasteiger partial charge in [0, 0.05) is 12.7 Å². The van der Waals surface area contributed by atoms with E-state index in [1.807, 2.05) is 32.2 Å². The largest absolute Gasteiger partial charge is 0.338 e. The van der Waals surface area contributed by atoms with Crippen molar-refractivity contribution < 1.29 is 0 Å². The van der Waals surface area contributed by atoms with E-state index in [9.17, 15) is 0 Å². The highest BCUT2D eigenvalue weighted by Crippen LogP contribution is 2.14. The Bertz CT molecular complexity index is 541. The van der Waals surface area contributed by atoms with E-state index in [2.05, 4.69) is 19.9 Å². The molecule has 0 aliphatic heterocycles. The van der Waals surface area contributed by atoms with Gasteiger partial charge in [-0.05, 0) is 42.3 Å². The van der Waals surface area contributed by atoms with Gasteiger partial charge in [-0.15, -0.1) is 0 Å². The van der Waals surface area contributed by atoms with Gasteiger partial charge in [0.1, 0.15) is 0 Å². The number of rotatable bonds is 3. The highest BCUT2D eigenvalue weighted by atomic mass is 35.5. The van der Waals surface area contributed by atoms with Crippen LogP contribution in [0.25, 0.3) is 0 Å². The van der Waals surface area contributed by atoms with Crippen molar-refractivity contribution in [2.75, 3.05) is 11.9 Å². The molecule has 0 N–H and O–H groups in total. The van der Waals surface area contributed by atoms with Gasteiger partial charge < -0.3 is 4.90 Å². The first-order valence-electron chi connectivity index (χ1n) is 5.25. The van der Waals surface area contributed by atoms with Crippen molar-refractivity contribution in [2.24, 2.45) is 0 Å². The van der Waals surface area contributed by atoms with E-state index in [4.69, 9.17) is 23.2 Å². The molecule has 0 aliphatic rings. The second-order valence-corrected chi connectivity index (χ2v) is 4.48.